The summed E-state index contributed by atoms with van der Waals surface area (Å²) in [7, 11) is 3.12. The van der Waals surface area contributed by atoms with E-state index in [0.717, 1.165) is 33.1 Å². The summed E-state index contributed by atoms with van der Waals surface area (Å²) in [5.41, 5.74) is 3.60. The van der Waals surface area contributed by atoms with Gasteiger partial charge in [-0.1, -0.05) is 11.8 Å². The summed E-state index contributed by atoms with van der Waals surface area (Å²) < 4.78 is 18.2. The summed E-state index contributed by atoms with van der Waals surface area (Å²) in [5, 5.41) is 1.76. The lowest BCUT2D eigenvalue weighted by molar-refractivity contribution is 0.102. The highest BCUT2D eigenvalue weighted by molar-refractivity contribution is 8.00. The number of thioether (sulfide) groups is 1. The summed E-state index contributed by atoms with van der Waals surface area (Å²) in [6.45, 7) is 4.71. The molecule has 3 aromatic heterocycles. The number of rotatable bonds is 8. The number of hydrogen-bond acceptors (Lipinski definition) is 7. The first-order valence-electron chi connectivity index (χ1n) is 9.74. The number of fused-ring (bicyclic) bond motifs is 1. The molecule has 0 atom stereocenters. The van der Waals surface area contributed by atoms with Crippen molar-refractivity contribution in [3.63, 3.8) is 0 Å². The Morgan fingerprint density at radius 2 is 1.94 bits per heavy atom. The average molecular weight is 438 g/mol. The zero-order valence-corrected chi connectivity index (χ0v) is 18.7. The summed E-state index contributed by atoms with van der Waals surface area (Å²) in [6, 6.07) is 9.00. The lowest BCUT2D eigenvalue weighted by atomic mass is 10.1. The van der Waals surface area contributed by atoms with Gasteiger partial charge in [0.1, 0.15) is 22.8 Å². The van der Waals surface area contributed by atoms with Crippen molar-refractivity contribution in [2.45, 2.75) is 25.4 Å². The highest BCUT2D eigenvalue weighted by Crippen LogP contribution is 2.33. The van der Waals surface area contributed by atoms with Crippen LogP contribution in [0.1, 0.15) is 27.4 Å². The van der Waals surface area contributed by atoms with Gasteiger partial charge in [-0.2, -0.15) is 0 Å². The third kappa shape index (κ3) is 4.03. The predicted octanol–water partition coefficient (Wildman–Crippen LogP) is 4.68. The van der Waals surface area contributed by atoms with E-state index in [1.165, 1.54) is 11.8 Å². The highest BCUT2D eigenvalue weighted by atomic mass is 32.2. The Balaban J connectivity index is 1.60. The van der Waals surface area contributed by atoms with Gasteiger partial charge in [-0.3, -0.25) is 4.79 Å². The normalized spacial score (nSPS) is 11.1. The monoisotopic (exact) mass is 437 g/mol. The van der Waals surface area contributed by atoms with Crippen LogP contribution in [0.3, 0.4) is 0 Å². The van der Waals surface area contributed by atoms with Crippen molar-refractivity contribution in [1.29, 1.82) is 0 Å². The van der Waals surface area contributed by atoms with Gasteiger partial charge >= 0.3 is 0 Å². The van der Waals surface area contributed by atoms with Gasteiger partial charge in [0.25, 0.3) is 0 Å². The molecule has 0 aliphatic rings. The van der Waals surface area contributed by atoms with Gasteiger partial charge in [0.2, 0.25) is 0 Å². The maximum absolute atomic E-state index is 12.8. The van der Waals surface area contributed by atoms with E-state index in [0.29, 0.717) is 23.6 Å². The Bertz CT molecular complexity index is 1230. The van der Waals surface area contributed by atoms with Crippen molar-refractivity contribution in [3.05, 3.63) is 65.5 Å². The van der Waals surface area contributed by atoms with Crippen LogP contribution in [0.4, 0.5) is 0 Å². The molecule has 0 aliphatic carbocycles. The second-order valence-corrected chi connectivity index (χ2v) is 8.00. The molecule has 0 N–H and O–H groups in total. The number of benzene rings is 1. The zero-order chi connectivity index (χ0) is 22.0. The van der Waals surface area contributed by atoms with Crippen LogP contribution >= 0.6 is 11.8 Å². The standard InChI is InChI=1S/C23H23N3O4S/c1-14-15(2)26(11-17-6-5-9-30-17)22-21(14)23(25-13-24-22)31-12-18(27)16-7-8-19(28-3)20(10-16)29-4/h5-10,13H,11-12H2,1-4H3. The molecule has 1 aromatic carbocycles. The fourth-order valence-corrected chi connectivity index (χ4v) is 4.47. The topological polar surface area (TPSA) is 79.4 Å². The van der Waals surface area contributed by atoms with Gasteiger partial charge in [0.05, 0.1) is 38.2 Å². The van der Waals surface area contributed by atoms with Crippen LogP contribution in [0.2, 0.25) is 0 Å². The highest BCUT2D eigenvalue weighted by Gasteiger charge is 2.19. The van der Waals surface area contributed by atoms with Crippen LogP contribution in [0.15, 0.2) is 52.4 Å². The first kappa shape index (κ1) is 21.0. The van der Waals surface area contributed by atoms with Crippen molar-refractivity contribution in [1.82, 2.24) is 14.5 Å². The number of hydrogen-bond donors (Lipinski definition) is 0. The molecule has 3 heterocycles. The largest absolute Gasteiger partial charge is 0.493 e. The predicted molar refractivity (Wildman–Crippen MR) is 119 cm³/mol. The van der Waals surface area contributed by atoms with Gasteiger partial charge in [0.15, 0.2) is 17.3 Å². The summed E-state index contributed by atoms with van der Waals surface area (Å²) in [5.74, 6) is 2.22. The molecule has 7 nitrogen and oxygen atoms in total. The smallest absolute Gasteiger partial charge is 0.173 e. The third-order valence-electron chi connectivity index (χ3n) is 5.31. The molecule has 0 saturated heterocycles. The van der Waals surface area contributed by atoms with Gasteiger partial charge in [0, 0.05) is 11.3 Å². The summed E-state index contributed by atoms with van der Waals surface area (Å²) in [6.07, 6.45) is 3.21. The van der Waals surface area contributed by atoms with E-state index in [1.807, 2.05) is 12.1 Å². The molecule has 0 saturated carbocycles. The van der Waals surface area contributed by atoms with Crippen LogP contribution in [0.25, 0.3) is 11.0 Å². The number of nitrogens with zero attached hydrogens (tertiary/aromatic N) is 3. The lowest BCUT2D eigenvalue weighted by Crippen LogP contribution is -2.04. The minimum absolute atomic E-state index is 0.0119. The third-order valence-corrected chi connectivity index (χ3v) is 6.30. The molecule has 0 unspecified atom stereocenters. The van der Waals surface area contributed by atoms with Crippen LogP contribution in [-0.2, 0) is 6.54 Å². The Kier molecular flexibility index (Phi) is 5.99. The fraction of sp³-hybridized carbons (Fsp3) is 0.261. The number of aryl methyl sites for hydroxylation is 1. The van der Waals surface area contributed by atoms with Crippen LogP contribution in [0.5, 0.6) is 11.5 Å². The summed E-state index contributed by atoms with van der Waals surface area (Å²) >= 11 is 1.41. The Morgan fingerprint density at radius 3 is 2.65 bits per heavy atom. The van der Waals surface area contributed by atoms with Crippen molar-refractivity contribution in [2.24, 2.45) is 0 Å². The number of ether oxygens (including phenoxy) is 2. The molecule has 4 rings (SSSR count). The quantitative estimate of drug-likeness (QED) is 0.225. The second-order valence-electron chi connectivity index (χ2n) is 7.03. The van der Waals surface area contributed by atoms with E-state index < -0.39 is 0 Å². The van der Waals surface area contributed by atoms with E-state index >= 15 is 0 Å². The minimum atomic E-state index is -0.0119. The number of furan rings is 1. The van der Waals surface area contributed by atoms with E-state index in [2.05, 4.69) is 28.4 Å². The molecular weight excluding hydrogens is 414 g/mol. The van der Waals surface area contributed by atoms with Crippen molar-refractivity contribution < 1.29 is 18.7 Å². The minimum Gasteiger partial charge on any atom is -0.493 e. The molecule has 0 radical (unpaired) electrons. The number of ketones is 1. The van der Waals surface area contributed by atoms with E-state index in [9.17, 15) is 4.79 Å². The molecule has 0 bridgehead atoms. The van der Waals surface area contributed by atoms with E-state index in [4.69, 9.17) is 13.9 Å². The van der Waals surface area contributed by atoms with Crippen molar-refractivity contribution in [3.8, 4) is 11.5 Å². The molecule has 31 heavy (non-hydrogen) atoms. The molecule has 0 amide bonds. The maximum Gasteiger partial charge on any atom is 0.173 e. The van der Waals surface area contributed by atoms with E-state index in [-0.39, 0.29) is 11.5 Å². The van der Waals surface area contributed by atoms with E-state index in [1.54, 1.807) is 45.0 Å². The molecule has 0 aliphatic heterocycles. The number of carbonyl (C=O) groups is 1. The van der Waals surface area contributed by atoms with Gasteiger partial charge in [-0.25, -0.2) is 9.97 Å². The Hall–Kier alpha value is -3.26. The van der Waals surface area contributed by atoms with Crippen molar-refractivity contribution >= 4 is 28.6 Å². The molecule has 4 aromatic rings. The average Bonchev–Trinajstić information content (AvgIpc) is 3.40. The van der Waals surface area contributed by atoms with Crippen LogP contribution in [0, 0.1) is 13.8 Å². The molecule has 0 spiro atoms. The SMILES string of the molecule is COc1ccc(C(=O)CSc2ncnc3c2c(C)c(C)n3Cc2ccco2)cc1OC. The lowest BCUT2D eigenvalue weighted by Gasteiger charge is -2.09. The first-order valence-corrected chi connectivity index (χ1v) is 10.7. The van der Waals surface area contributed by atoms with Gasteiger partial charge in [-0.15, -0.1) is 0 Å². The number of Topliss-reactive ketones (excluding diaryl/α,β-unsaturated/α-hetero) is 1. The van der Waals surface area contributed by atoms with Gasteiger partial charge in [-0.05, 0) is 49.7 Å². The van der Waals surface area contributed by atoms with Crippen LogP contribution < -0.4 is 9.47 Å². The molecule has 160 valence electrons. The fourth-order valence-electron chi connectivity index (χ4n) is 3.52. The molecule has 8 heteroatoms. The van der Waals surface area contributed by atoms with Gasteiger partial charge < -0.3 is 18.5 Å². The number of aromatic nitrogens is 3. The molecular formula is C23H23N3O4S. The maximum atomic E-state index is 12.8. The number of methoxy groups -OCH3 is 2. The summed E-state index contributed by atoms with van der Waals surface area (Å²) in [4.78, 5) is 21.8. The Labute approximate surface area is 184 Å². The zero-order valence-electron chi connectivity index (χ0n) is 17.8. The first-order chi connectivity index (χ1) is 15.0. The number of carbonyl (C=O) groups excluding carboxylic acids is 1. The molecule has 0 fully saturated rings. The van der Waals surface area contributed by atoms with Crippen LogP contribution in [-0.4, -0.2) is 40.3 Å². The second kappa shape index (κ2) is 8.85. The van der Waals surface area contributed by atoms with Crippen molar-refractivity contribution in [2.75, 3.05) is 20.0 Å². The Morgan fingerprint density at radius 1 is 1.13 bits per heavy atom.